The number of hydrogen-bond donors (Lipinski definition) is 1. The maximum absolute atomic E-state index is 11.8. The van der Waals surface area contributed by atoms with Gasteiger partial charge in [-0.25, -0.2) is 0 Å². The first-order chi connectivity index (χ1) is 8.73. The molecule has 0 rings (SSSR count). The molecular weight excluding hydrogens is 222 g/mol. The number of hydrogen-bond acceptors (Lipinski definition) is 4. The summed E-state index contributed by atoms with van der Waals surface area (Å²) in [7, 11) is 2.68. The molecule has 5 nitrogen and oxygen atoms in total. The first kappa shape index (κ1) is 11.2. The molecular formula is C12H23NO4. The van der Waals surface area contributed by atoms with Gasteiger partial charge in [0.1, 0.15) is 19.1 Å². The van der Waals surface area contributed by atoms with Crippen LogP contribution in [0.4, 0.5) is 0 Å². The standard InChI is InChI=1S/C12H23NO4/c1-9(2)5-10(14)7-13(3,4)8-11(15)6-12(16)17/h9,11,15H,5-8H2,1-4H3/i8D2,11D. The summed E-state index contributed by atoms with van der Waals surface area (Å²) in [6, 6.07) is 0. The molecule has 0 fully saturated rings. The molecule has 0 aliphatic heterocycles. The molecule has 0 aromatic heterocycles. The fourth-order valence-electron chi connectivity index (χ4n) is 1.53. The number of carbonyl (C=O) groups excluding carboxylic acids is 2. The van der Waals surface area contributed by atoms with Gasteiger partial charge in [0.2, 0.25) is 0 Å². The van der Waals surface area contributed by atoms with Crippen molar-refractivity contribution >= 4 is 11.8 Å². The molecule has 0 aromatic carbocycles. The minimum atomic E-state index is -2.88. The van der Waals surface area contributed by atoms with E-state index in [1.165, 1.54) is 14.1 Å². The summed E-state index contributed by atoms with van der Waals surface area (Å²) in [5.74, 6) is -1.82. The zero-order valence-electron chi connectivity index (χ0n) is 13.8. The molecule has 0 aliphatic rings. The molecule has 5 heteroatoms. The van der Waals surface area contributed by atoms with Gasteiger partial charge in [-0.3, -0.25) is 4.79 Å². The number of carboxylic acid groups (broad SMARTS) is 1. The Labute approximate surface area is 107 Å². The van der Waals surface area contributed by atoms with E-state index in [0.717, 1.165) is 0 Å². The zero-order valence-corrected chi connectivity index (χ0v) is 10.8. The molecule has 100 valence electrons. The van der Waals surface area contributed by atoms with Crippen LogP contribution >= 0.6 is 0 Å². The van der Waals surface area contributed by atoms with E-state index >= 15 is 0 Å². The van der Waals surface area contributed by atoms with Gasteiger partial charge in [0.25, 0.3) is 0 Å². The van der Waals surface area contributed by atoms with Crippen molar-refractivity contribution in [3.8, 4) is 0 Å². The van der Waals surface area contributed by atoms with Crippen molar-refractivity contribution < 1.29 is 28.4 Å². The van der Waals surface area contributed by atoms with Crippen molar-refractivity contribution in [2.24, 2.45) is 5.92 Å². The smallest absolute Gasteiger partial charge is 0.187 e. The summed E-state index contributed by atoms with van der Waals surface area (Å²) in [5, 5.41) is 20.3. The van der Waals surface area contributed by atoms with Crippen LogP contribution in [0, 0.1) is 5.92 Å². The number of aliphatic hydroxyl groups is 1. The quantitative estimate of drug-likeness (QED) is 0.569. The van der Waals surface area contributed by atoms with Gasteiger partial charge in [0.05, 0.1) is 18.2 Å². The molecule has 0 aliphatic carbocycles. The van der Waals surface area contributed by atoms with E-state index in [2.05, 4.69) is 0 Å². The third kappa shape index (κ3) is 8.83. The van der Waals surface area contributed by atoms with E-state index in [4.69, 9.17) is 4.11 Å². The minimum Gasteiger partial charge on any atom is -0.550 e. The number of likely N-dealkylation sites (N-methyl/N-ethyl adjacent to an activating group) is 1. The van der Waals surface area contributed by atoms with Crippen molar-refractivity contribution in [3.05, 3.63) is 0 Å². The van der Waals surface area contributed by atoms with Crippen LogP contribution in [-0.4, -0.2) is 54.6 Å². The van der Waals surface area contributed by atoms with Crippen LogP contribution in [-0.2, 0) is 9.59 Å². The van der Waals surface area contributed by atoms with Crippen LogP contribution < -0.4 is 5.11 Å². The molecule has 0 aromatic rings. The minimum absolute atomic E-state index is 0.117. The summed E-state index contributed by atoms with van der Waals surface area (Å²) in [4.78, 5) is 22.3. The number of rotatable bonds is 8. The fraction of sp³-hybridized carbons (Fsp3) is 0.833. The summed E-state index contributed by atoms with van der Waals surface area (Å²) in [5.41, 5.74) is 0. The van der Waals surface area contributed by atoms with Crippen molar-refractivity contribution in [3.63, 3.8) is 0 Å². The van der Waals surface area contributed by atoms with E-state index in [-0.39, 0.29) is 24.7 Å². The second-order valence-corrected chi connectivity index (χ2v) is 5.09. The molecule has 0 radical (unpaired) electrons. The lowest BCUT2D eigenvalue weighted by atomic mass is 10.1. The predicted molar refractivity (Wildman–Crippen MR) is 61.9 cm³/mol. The molecule has 1 atom stereocenters. The number of carboxylic acids is 1. The van der Waals surface area contributed by atoms with E-state index in [1.54, 1.807) is 0 Å². The van der Waals surface area contributed by atoms with E-state index in [9.17, 15) is 19.8 Å². The lowest BCUT2D eigenvalue weighted by molar-refractivity contribution is -0.885. The van der Waals surface area contributed by atoms with Gasteiger partial charge in [-0.2, -0.15) is 0 Å². The van der Waals surface area contributed by atoms with Gasteiger partial charge in [-0.05, 0) is 5.92 Å². The molecule has 17 heavy (non-hydrogen) atoms. The lowest BCUT2D eigenvalue weighted by Gasteiger charge is -2.31. The molecule has 0 heterocycles. The number of quaternary nitrogens is 1. The third-order valence-electron chi connectivity index (χ3n) is 1.95. The van der Waals surface area contributed by atoms with Gasteiger partial charge in [-0.15, -0.1) is 0 Å². The number of carbonyl (C=O) groups is 2. The van der Waals surface area contributed by atoms with Crippen LogP contribution in [0.15, 0.2) is 0 Å². The van der Waals surface area contributed by atoms with Crippen molar-refractivity contribution in [2.75, 3.05) is 27.1 Å². The molecule has 1 unspecified atom stereocenters. The van der Waals surface area contributed by atoms with Gasteiger partial charge in [0, 0.05) is 18.8 Å². The molecule has 0 bridgehead atoms. The van der Waals surface area contributed by atoms with Gasteiger partial charge in [0.15, 0.2) is 5.78 Å². The van der Waals surface area contributed by atoms with Crippen molar-refractivity contribution in [1.29, 1.82) is 0 Å². The molecule has 0 amide bonds. The van der Waals surface area contributed by atoms with Crippen LogP contribution in [0.2, 0.25) is 0 Å². The van der Waals surface area contributed by atoms with E-state index in [0.29, 0.717) is 0 Å². The monoisotopic (exact) mass is 248 g/mol. The van der Waals surface area contributed by atoms with Crippen molar-refractivity contribution in [1.82, 2.24) is 0 Å². The highest BCUT2D eigenvalue weighted by Gasteiger charge is 2.24. The van der Waals surface area contributed by atoms with Gasteiger partial charge >= 0.3 is 0 Å². The Kier molecular flexibility index (Phi) is 4.41. The van der Waals surface area contributed by atoms with Gasteiger partial charge in [-0.1, -0.05) is 13.8 Å². The Morgan fingerprint density at radius 3 is 2.35 bits per heavy atom. The third-order valence-corrected chi connectivity index (χ3v) is 1.95. The molecule has 1 N–H and O–H groups in total. The number of nitrogens with zero attached hydrogens (tertiary/aromatic N) is 1. The maximum Gasteiger partial charge on any atom is 0.187 e. The summed E-state index contributed by atoms with van der Waals surface area (Å²) in [6.45, 7) is 0.825. The second kappa shape index (κ2) is 6.71. The molecule has 0 spiro atoms. The highest BCUT2D eigenvalue weighted by Crippen LogP contribution is 2.07. The largest absolute Gasteiger partial charge is 0.550 e. The Morgan fingerprint density at radius 2 is 1.94 bits per heavy atom. The highest BCUT2D eigenvalue weighted by atomic mass is 16.4. The normalized spacial score (nSPS) is 19.1. The van der Waals surface area contributed by atoms with E-state index < -0.39 is 29.5 Å². The fourth-order valence-corrected chi connectivity index (χ4v) is 1.53. The maximum atomic E-state index is 11.8. The Balaban J connectivity index is 5.14. The van der Waals surface area contributed by atoms with Crippen LogP contribution in [0.5, 0.6) is 0 Å². The summed E-state index contributed by atoms with van der Waals surface area (Å²) in [6.07, 6.45) is -3.79. The van der Waals surface area contributed by atoms with Gasteiger partial charge < -0.3 is 19.5 Å². The Bertz CT molecular complexity index is 381. The Hall–Kier alpha value is -0.940. The molecule has 0 saturated heterocycles. The van der Waals surface area contributed by atoms with Crippen LogP contribution in [0.25, 0.3) is 0 Å². The predicted octanol–water partition coefficient (Wildman–Crippen LogP) is -0.821. The second-order valence-electron chi connectivity index (χ2n) is 5.09. The van der Waals surface area contributed by atoms with E-state index in [1.807, 2.05) is 13.8 Å². The lowest BCUT2D eigenvalue weighted by Crippen LogP contribution is -2.49. The first-order valence-corrected chi connectivity index (χ1v) is 5.50. The number of Topliss-reactive ketones (excluding diaryl/α,β-unsaturated/α-hetero) is 1. The number of aliphatic carboxylic acids is 1. The average Bonchev–Trinajstić information content (AvgIpc) is 2.11. The topological polar surface area (TPSA) is 77.4 Å². The average molecular weight is 248 g/mol. The van der Waals surface area contributed by atoms with Crippen molar-refractivity contribution in [2.45, 2.75) is 32.8 Å². The first-order valence-electron chi connectivity index (χ1n) is 7.00. The Morgan fingerprint density at radius 1 is 1.41 bits per heavy atom. The molecule has 0 saturated carbocycles. The highest BCUT2D eigenvalue weighted by molar-refractivity contribution is 5.79. The van der Waals surface area contributed by atoms with Crippen LogP contribution in [0.1, 0.15) is 30.8 Å². The SMILES string of the molecule is [2H]C(O)(CC(=O)[O-])C([2H])([2H])[N+](C)(C)CC(=O)CC(C)C. The summed E-state index contributed by atoms with van der Waals surface area (Å²) >= 11 is 0. The summed E-state index contributed by atoms with van der Waals surface area (Å²) < 4.78 is 22.6. The number of ketones is 1. The van der Waals surface area contributed by atoms with Crippen LogP contribution in [0.3, 0.4) is 0 Å². The zero-order chi connectivity index (χ0) is 16.4.